The van der Waals surface area contributed by atoms with Crippen molar-refractivity contribution in [1.29, 1.82) is 0 Å². The van der Waals surface area contributed by atoms with Gasteiger partial charge in [-0.2, -0.15) is 5.10 Å². The van der Waals surface area contributed by atoms with Gasteiger partial charge < -0.3 is 4.90 Å². The third kappa shape index (κ3) is 3.68. The van der Waals surface area contributed by atoms with Crippen LogP contribution in [0.15, 0.2) is 48.7 Å². The lowest BCUT2D eigenvalue weighted by Gasteiger charge is -2.50. The van der Waals surface area contributed by atoms with Gasteiger partial charge in [0.2, 0.25) is 0 Å². The van der Waals surface area contributed by atoms with E-state index in [-0.39, 0.29) is 28.9 Å². The molecule has 4 heterocycles. The quantitative estimate of drug-likeness (QED) is 0.667. The Morgan fingerprint density at radius 1 is 1.19 bits per heavy atom. The van der Waals surface area contributed by atoms with Crippen molar-refractivity contribution in [2.45, 2.75) is 32.2 Å². The highest BCUT2D eigenvalue weighted by molar-refractivity contribution is 5.93. The first-order valence-corrected chi connectivity index (χ1v) is 11.0. The summed E-state index contributed by atoms with van der Waals surface area (Å²) in [6.45, 7) is 7.77. The number of halogens is 1. The molecular formula is C24H27FN6O. The zero-order chi connectivity index (χ0) is 22.3. The minimum absolute atomic E-state index is 0.111. The van der Waals surface area contributed by atoms with Crippen molar-refractivity contribution in [3.8, 4) is 0 Å². The molecule has 0 aliphatic carbocycles. The lowest BCUT2D eigenvalue weighted by Crippen LogP contribution is -2.61. The molecule has 5 rings (SSSR count). The molecule has 1 aromatic carbocycles. The number of aromatic nitrogens is 4. The average molecular weight is 435 g/mol. The summed E-state index contributed by atoms with van der Waals surface area (Å²) in [7, 11) is 0. The molecular weight excluding hydrogens is 407 g/mol. The van der Waals surface area contributed by atoms with Crippen molar-refractivity contribution >= 4 is 5.91 Å². The number of hydrogen-bond donors (Lipinski definition) is 1. The lowest BCUT2D eigenvalue weighted by atomic mass is 9.71. The first-order chi connectivity index (χ1) is 15.4. The van der Waals surface area contributed by atoms with Gasteiger partial charge in [-0.1, -0.05) is 44.2 Å². The second kappa shape index (κ2) is 8.09. The second-order valence-electron chi connectivity index (χ2n) is 9.30. The molecule has 166 valence electrons. The number of nitrogens with zero attached hydrogens (tertiary/aromatic N) is 5. The first kappa shape index (κ1) is 20.8. The minimum Gasteiger partial charge on any atom is -0.336 e. The molecule has 3 aromatic rings. The van der Waals surface area contributed by atoms with Crippen LogP contribution < -0.4 is 0 Å². The van der Waals surface area contributed by atoms with E-state index in [0.29, 0.717) is 13.1 Å². The Kier molecular flexibility index (Phi) is 5.25. The molecule has 2 saturated heterocycles. The van der Waals surface area contributed by atoms with E-state index in [2.05, 4.69) is 58.2 Å². The van der Waals surface area contributed by atoms with Crippen LogP contribution in [0.25, 0.3) is 0 Å². The van der Waals surface area contributed by atoms with Crippen molar-refractivity contribution in [1.82, 2.24) is 30.0 Å². The average Bonchev–Trinajstić information content (AvgIpc) is 3.38. The Morgan fingerprint density at radius 3 is 2.66 bits per heavy atom. The number of hydrogen-bond acceptors (Lipinski definition) is 5. The van der Waals surface area contributed by atoms with Gasteiger partial charge in [0.1, 0.15) is 5.82 Å². The number of H-pyrrole nitrogens is 1. The molecule has 1 atom stereocenters. The molecule has 8 heteroatoms. The van der Waals surface area contributed by atoms with E-state index < -0.39 is 5.82 Å². The van der Waals surface area contributed by atoms with E-state index >= 15 is 0 Å². The van der Waals surface area contributed by atoms with Gasteiger partial charge in [0.25, 0.3) is 5.91 Å². The predicted octanol–water partition coefficient (Wildman–Crippen LogP) is 3.20. The number of carbonyl (C=O) groups is 1. The SMILES string of the molecule is CC(C)c1n[nH]c(C2CN(Cc3ccccc3)CC23CN(C(=O)c2ncccc2F)C3)n1. The summed E-state index contributed by atoms with van der Waals surface area (Å²) in [6.07, 6.45) is 1.45. The largest absolute Gasteiger partial charge is 0.336 e. The van der Waals surface area contributed by atoms with Gasteiger partial charge in [0.05, 0.1) is 0 Å². The predicted molar refractivity (Wildman–Crippen MR) is 117 cm³/mol. The Labute approximate surface area is 186 Å². The van der Waals surface area contributed by atoms with Gasteiger partial charge in [0, 0.05) is 56.2 Å². The van der Waals surface area contributed by atoms with Crippen LogP contribution in [0.1, 0.15) is 53.4 Å². The maximum absolute atomic E-state index is 14.1. The number of benzene rings is 1. The number of nitrogens with one attached hydrogen (secondary N) is 1. The number of amides is 1. The molecule has 1 amide bonds. The highest BCUT2D eigenvalue weighted by Gasteiger charge is 2.57. The summed E-state index contributed by atoms with van der Waals surface area (Å²) in [5.74, 6) is 1.12. The smallest absolute Gasteiger partial charge is 0.275 e. The van der Waals surface area contributed by atoms with Crippen LogP contribution in [0.4, 0.5) is 4.39 Å². The van der Waals surface area contributed by atoms with Gasteiger partial charge in [-0.25, -0.2) is 14.4 Å². The normalized spacial score (nSPS) is 20.1. The monoisotopic (exact) mass is 434 g/mol. The van der Waals surface area contributed by atoms with Gasteiger partial charge in [0.15, 0.2) is 17.3 Å². The molecule has 1 N–H and O–H groups in total. The van der Waals surface area contributed by atoms with Gasteiger partial charge >= 0.3 is 0 Å². The molecule has 2 fully saturated rings. The maximum atomic E-state index is 14.1. The Morgan fingerprint density at radius 2 is 1.97 bits per heavy atom. The Balaban J connectivity index is 1.38. The highest BCUT2D eigenvalue weighted by atomic mass is 19.1. The zero-order valence-corrected chi connectivity index (χ0v) is 18.3. The molecule has 0 saturated carbocycles. The molecule has 2 aromatic heterocycles. The number of aromatic amines is 1. The minimum atomic E-state index is -0.580. The number of rotatable bonds is 5. The molecule has 2 aliphatic rings. The van der Waals surface area contributed by atoms with Crippen LogP contribution in [0.2, 0.25) is 0 Å². The molecule has 32 heavy (non-hydrogen) atoms. The molecule has 0 radical (unpaired) electrons. The van der Waals surface area contributed by atoms with E-state index in [1.807, 2.05) is 6.07 Å². The second-order valence-corrected chi connectivity index (χ2v) is 9.30. The van der Waals surface area contributed by atoms with Crippen LogP contribution in [0.5, 0.6) is 0 Å². The van der Waals surface area contributed by atoms with Crippen LogP contribution in [-0.4, -0.2) is 62.1 Å². The van der Waals surface area contributed by atoms with Crippen LogP contribution >= 0.6 is 0 Å². The summed E-state index contributed by atoms with van der Waals surface area (Å²) in [6, 6.07) is 13.2. The van der Waals surface area contributed by atoms with E-state index in [1.54, 1.807) is 4.90 Å². The standard InChI is InChI=1S/C24H27FN6O/c1-16(2)21-27-22(29-28-21)18-12-30(11-17-7-4-3-5-8-17)13-24(18)14-31(15-24)23(32)20-19(25)9-6-10-26-20/h3-10,16,18H,11-15H2,1-2H3,(H,27,28,29). The van der Waals surface area contributed by atoms with Gasteiger partial charge in [-0.15, -0.1) is 0 Å². The highest BCUT2D eigenvalue weighted by Crippen LogP contribution is 2.49. The zero-order valence-electron chi connectivity index (χ0n) is 18.3. The third-order valence-electron chi connectivity index (χ3n) is 6.59. The molecule has 1 unspecified atom stereocenters. The van der Waals surface area contributed by atoms with Gasteiger partial charge in [-0.3, -0.25) is 14.8 Å². The number of carbonyl (C=O) groups excluding carboxylic acids is 1. The topological polar surface area (TPSA) is 78.0 Å². The van der Waals surface area contributed by atoms with Crippen molar-refractivity contribution in [2.75, 3.05) is 26.2 Å². The Hall–Kier alpha value is -3.13. The van der Waals surface area contributed by atoms with Crippen molar-refractivity contribution in [3.05, 3.63) is 77.4 Å². The van der Waals surface area contributed by atoms with E-state index in [9.17, 15) is 9.18 Å². The third-order valence-corrected chi connectivity index (χ3v) is 6.59. The van der Waals surface area contributed by atoms with Crippen molar-refractivity contribution < 1.29 is 9.18 Å². The molecule has 0 bridgehead atoms. The van der Waals surface area contributed by atoms with Crippen molar-refractivity contribution in [2.24, 2.45) is 5.41 Å². The lowest BCUT2D eigenvalue weighted by molar-refractivity contribution is 0.00100. The summed E-state index contributed by atoms with van der Waals surface area (Å²) in [4.78, 5) is 25.7. The number of likely N-dealkylation sites (tertiary alicyclic amines) is 2. The van der Waals surface area contributed by atoms with E-state index in [4.69, 9.17) is 4.98 Å². The van der Waals surface area contributed by atoms with Crippen LogP contribution in [0, 0.1) is 11.2 Å². The summed E-state index contributed by atoms with van der Waals surface area (Å²) >= 11 is 0. The fourth-order valence-corrected chi connectivity index (χ4v) is 4.98. The van der Waals surface area contributed by atoms with E-state index in [1.165, 1.54) is 23.9 Å². The summed E-state index contributed by atoms with van der Waals surface area (Å²) in [5, 5.41) is 7.57. The first-order valence-electron chi connectivity index (χ1n) is 11.0. The fraction of sp³-hybridized carbons (Fsp3) is 0.417. The van der Waals surface area contributed by atoms with Gasteiger partial charge in [-0.05, 0) is 17.7 Å². The van der Waals surface area contributed by atoms with E-state index in [0.717, 1.165) is 31.3 Å². The van der Waals surface area contributed by atoms with Crippen LogP contribution in [0.3, 0.4) is 0 Å². The summed E-state index contributed by atoms with van der Waals surface area (Å²) in [5.41, 5.74) is 1.01. The molecule has 1 spiro atoms. The fourth-order valence-electron chi connectivity index (χ4n) is 4.98. The van der Waals surface area contributed by atoms with Crippen LogP contribution in [-0.2, 0) is 6.54 Å². The maximum Gasteiger partial charge on any atom is 0.275 e. The molecule has 2 aliphatic heterocycles. The summed E-state index contributed by atoms with van der Waals surface area (Å²) < 4.78 is 14.1. The molecule has 7 nitrogen and oxygen atoms in total. The number of pyridine rings is 1. The van der Waals surface area contributed by atoms with Crippen molar-refractivity contribution in [3.63, 3.8) is 0 Å². The Bertz CT molecular complexity index is 1110.